The highest BCUT2D eigenvalue weighted by atomic mass is 35.5. The van der Waals surface area contributed by atoms with Gasteiger partial charge in [0.2, 0.25) is 5.88 Å². The van der Waals surface area contributed by atoms with E-state index in [1.165, 1.54) is 19.2 Å². The van der Waals surface area contributed by atoms with Crippen LogP contribution < -0.4 is 10.1 Å². The molecule has 10 heteroatoms. The van der Waals surface area contributed by atoms with Crippen LogP contribution in [-0.4, -0.2) is 34.8 Å². The van der Waals surface area contributed by atoms with Crippen LogP contribution in [0.4, 0.5) is 13.2 Å². The molecule has 0 radical (unpaired) electrons. The Bertz CT molecular complexity index is 859. The van der Waals surface area contributed by atoms with Gasteiger partial charge in [-0.2, -0.15) is 13.2 Å². The molecule has 0 aromatic carbocycles. The number of halogens is 4. The van der Waals surface area contributed by atoms with E-state index in [-0.39, 0.29) is 42.2 Å². The molecule has 0 spiro atoms. The molecule has 0 aliphatic rings. The van der Waals surface area contributed by atoms with Crippen LogP contribution in [0.2, 0.25) is 5.02 Å². The molecule has 150 valence electrons. The van der Waals surface area contributed by atoms with Gasteiger partial charge in [-0.3, -0.25) is 14.6 Å². The van der Waals surface area contributed by atoms with Crippen LogP contribution in [0, 0.1) is 0 Å². The summed E-state index contributed by atoms with van der Waals surface area (Å²) >= 11 is 5.74. The van der Waals surface area contributed by atoms with Crippen LogP contribution in [0.25, 0.3) is 0 Å². The number of nitrogens with zero attached hydrogens (tertiary/aromatic N) is 2. The number of carbonyl (C=O) groups excluding carboxylic acids is 2. The molecule has 0 fully saturated rings. The van der Waals surface area contributed by atoms with E-state index >= 15 is 0 Å². The van der Waals surface area contributed by atoms with Crippen molar-refractivity contribution in [1.29, 1.82) is 0 Å². The van der Waals surface area contributed by atoms with Crippen molar-refractivity contribution in [3.05, 3.63) is 52.4 Å². The van der Waals surface area contributed by atoms with E-state index in [9.17, 15) is 22.8 Å². The van der Waals surface area contributed by atoms with E-state index in [0.717, 1.165) is 6.07 Å². The number of pyridine rings is 2. The number of ether oxygens (including phenoxy) is 1. The Morgan fingerprint density at radius 3 is 2.64 bits per heavy atom. The van der Waals surface area contributed by atoms with Gasteiger partial charge < -0.3 is 10.1 Å². The number of rotatable bonds is 8. The van der Waals surface area contributed by atoms with Gasteiger partial charge in [-0.05, 0) is 31.5 Å². The minimum absolute atomic E-state index is 0.0576. The number of hydrogen-bond donors (Lipinski definition) is 1. The number of aromatic nitrogens is 2. The molecule has 0 aliphatic carbocycles. The molecule has 0 unspecified atom stereocenters. The summed E-state index contributed by atoms with van der Waals surface area (Å²) in [5.41, 5.74) is -0.0790. The second kappa shape index (κ2) is 9.50. The summed E-state index contributed by atoms with van der Waals surface area (Å²) in [4.78, 5) is 30.8. The lowest BCUT2D eigenvalue weighted by Crippen LogP contribution is -2.25. The van der Waals surface area contributed by atoms with E-state index < -0.39 is 11.7 Å². The largest absolute Gasteiger partial charge is 0.477 e. The normalized spacial score (nSPS) is 11.2. The van der Waals surface area contributed by atoms with Gasteiger partial charge in [0.15, 0.2) is 0 Å². The zero-order valence-electron chi connectivity index (χ0n) is 14.8. The van der Waals surface area contributed by atoms with Crippen LogP contribution in [0.1, 0.15) is 35.0 Å². The van der Waals surface area contributed by atoms with Crippen LogP contribution >= 0.6 is 11.6 Å². The van der Waals surface area contributed by atoms with E-state index in [4.69, 9.17) is 16.3 Å². The summed E-state index contributed by atoms with van der Waals surface area (Å²) < 4.78 is 42.9. The predicted molar refractivity (Wildman–Crippen MR) is 95.3 cm³/mol. The van der Waals surface area contributed by atoms with Gasteiger partial charge in [0.25, 0.3) is 5.91 Å². The first-order valence-corrected chi connectivity index (χ1v) is 8.62. The van der Waals surface area contributed by atoms with E-state index in [1.807, 2.05) is 0 Å². The van der Waals surface area contributed by atoms with E-state index in [1.54, 1.807) is 6.07 Å². The average molecular weight is 416 g/mol. The second-order valence-corrected chi connectivity index (χ2v) is 6.29. The molecule has 2 aromatic rings. The molecule has 6 nitrogen and oxygen atoms in total. The smallest absolute Gasteiger partial charge is 0.417 e. The Kier molecular flexibility index (Phi) is 7.33. The minimum atomic E-state index is -4.53. The molecule has 0 saturated heterocycles. The molecule has 2 heterocycles. The van der Waals surface area contributed by atoms with Crippen molar-refractivity contribution >= 4 is 23.3 Å². The summed E-state index contributed by atoms with van der Waals surface area (Å²) in [5, 5.41) is 2.43. The number of nitrogens with one attached hydrogen (secondary N) is 1. The van der Waals surface area contributed by atoms with Crippen molar-refractivity contribution in [2.75, 3.05) is 13.2 Å². The van der Waals surface area contributed by atoms with Crippen LogP contribution in [-0.2, 0) is 17.4 Å². The number of hydrogen-bond acceptors (Lipinski definition) is 5. The molecule has 1 N–H and O–H groups in total. The SMILES string of the molecule is CC(=O)Cc1cc(C(=O)NCCCOc2ncc(C(F)(F)F)cc2Cl)ccn1. The first-order chi connectivity index (χ1) is 13.2. The molecule has 0 atom stereocenters. The molecule has 0 aliphatic heterocycles. The topological polar surface area (TPSA) is 81.2 Å². The van der Waals surface area contributed by atoms with Gasteiger partial charge in [-0.25, -0.2) is 4.98 Å². The second-order valence-electron chi connectivity index (χ2n) is 5.88. The summed E-state index contributed by atoms with van der Waals surface area (Å²) in [7, 11) is 0. The molecule has 2 rings (SSSR count). The zero-order chi connectivity index (χ0) is 20.7. The molecular weight excluding hydrogens is 399 g/mol. The summed E-state index contributed by atoms with van der Waals surface area (Å²) in [6.45, 7) is 1.80. The lowest BCUT2D eigenvalue weighted by molar-refractivity contribution is -0.137. The maximum atomic E-state index is 12.6. The fourth-order valence-electron chi connectivity index (χ4n) is 2.20. The molecule has 1 amide bonds. The molecule has 28 heavy (non-hydrogen) atoms. The Hall–Kier alpha value is -2.68. The zero-order valence-corrected chi connectivity index (χ0v) is 15.6. The molecule has 0 saturated carbocycles. The Morgan fingerprint density at radius 1 is 1.25 bits per heavy atom. The highest BCUT2D eigenvalue weighted by Crippen LogP contribution is 2.33. The number of amides is 1. The average Bonchev–Trinajstić information content (AvgIpc) is 2.61. The van der Waals surface area contributed by atoms with Gasteiger partial charge >= 0.3 is 6.18 Å². The van der Waals surface area contributed by atoms with Crippen LogP contribution in [0.5, 0.6) is 5.88 Å². The summed E-state index contributed by atoms with van der Waals surface area (Å²) in [6, 6.07) is 3.81. The lowest BCUT2D eigenvalue weighted by atomic mass is 10.1. The molecular formula is C18H17ClF3N3O3. The maximum Gasteiger partial charge on any atom is 0.417 e. The van der Waals surface area contributed by atoms with Gasteiger partial charge in [0.05, 0.1) is 12.2 Å². The van der Waals surface area contributed by atoms with Gasteiger partial charge in [-0.15, -0.1) is 0 Å². The van der Waals surface area contributed by atoms with E-state index in [0.29, 0.717) is 23.9 Å². The van der Waals surface area contributed by atoms with Crippen molar-refractivity contribution in [2.24, 2.45) is 0 Å². The van der Waals surface area contributed by atoms with Crippen molar-refractivity contribution in [3.63, 3.8) is 0 Å². The summed E-state index contributed by atoms with van der Waals surface area (Å²) in [6.07, 6.45) is -1.90. The quantitative estimate of drug-likeness (QED) is 0.667. The lowest BCUT2D eigenvalue weighted by Gasteiger charge is -2.10. The van der Waals surface area contributed by atoms with Gasteiger partial charge in [0.1, 0.15) is 10.8 Å². The third-order valence-corrected chi connectivity index (χ3v) is 3.76. The highest BCUT2D eigenvalue weighted by Gasteiger charge is 2.31. The van der Waals surface area contributed by atoms with Gasteiger partial charge in [-0.1, -0.05) is 11.6 Å². The predicted octanol–water partition coefficient (Wildman–Crippen LogP) is 3.48. The number of carbonyl (C=O) groups is 2. The van der Waals surface area contributed by atoms with Gasteiger partial charge in [0, 0.05) is 36.6 Å². The Balaban J connectivity index is 1.79. The maximum absolute atomic E-state index is 12.6. The number of Topliss-reactive ketones (excluding diaryl/α,β-unsaturated/α-hetero) is 1. The van der Waals surface area contributed by atoms with Crippen molar-refractivity contribution in [3.8, 4) is 5.88 Å². The number of alkyl halides is 3. The molecule has 0 bridgehead atoms. The third-order valence-electron chi connectivity index (χ3n) is 3.49. The Morgan fingerprint density at radius 2 is 2.00 bits per heavy atom. The van der Waals surface area contributed by atoms with Crippen LogP contribution in [0.3, 0.4) is 0 Å². The van der Waals surface area contributed by atoms with E-state index in [2.05, 4.69) is 15.3 Å². The third kappa shape index (κ3) is 6.49. The fourth-order valence-corrected chi connectivity index (χ4v) is 2.42. The first-order valence-electron chi connectivity index (χ1n) is 8.25. The number of ketones is 1. The first kappa shape index (κ1) is 21.6. The van der Waals surface area contributed by atoms with Crippen molar-refractivity contribution in [2.45, 2.75) is 25.9 Å². The minimum Gasteiger partial charge on any atom is -0.477 e. The van der Waals surface area contributed by atoms with Crippen molar-refractivity contribution < 1.29 is 27.5 Å². The summed E-state index contributed by atoms with van der Waals surface area (Å²) in [5.74, 6) is -0.500. The molecule has 2 aromatic heterocycles. The van der Waals surface area contributed by atoms with Crippen molar-refractivity contribution in [1.82, 2.24) is 15.3 Å². The highest BCUT2D eigenvalue weighted by molar-refractivity contribution is 6.31. The Labute approximate surface area is 164 Å². The standard InChI is InChI=1S/C18H17ClF3N3O3/c1-11(26)7-14-8-12(3-5-23-14)16(27)24-4-2-6-28-17-15(19)9-13(10-25-17)18(20,21)22/h3,5,8-10H,2,4,6-7H2,1H3,(H,24,27). The van der Waals surface area contributed by atoms with Crippen LogP contribution in [0.15, 0.2) is 30.6 Å². The fraction of sp³-hybridized carbons (Fsp3) is 0.333. The monoisotopic (exact) mass is 415 g/mol.